The number of anilines is 1. The lowest BCUT2D eigenvalue weighted by atomic mass is 9.84. The van der Waals surface area contributed by atoms with Crippen LogP contribution in [0.4, 0.5) is 5.82 Å². The molecular formula is C20H27N5O. The van der Waals surface area contributed by atoms with Gasteiger partial charge in [-0.05, 0) is 37.3 Å². The highest BCUT2D eigenvalue weighted by Gasteiger charge is 2.29. The van der Waals surface area contributed by atoms with Crippen molar-refractivity contribution >= 4 is 11.6 Å². The van der Waals surface area contributed by atoms with Gasteiger partial charge in [0.2, 0.25) is 0 Å². The zero-order valence-corrected chi connectivity index (χ0v) is 16.3. The smallest absolute Gasteiger partial charge is 0.254 e. The van der Waals surface area contributed by atoms with E-state index in [9.17, 15) is 5.11 Å². The van der Waals surface area contributed by atoms with Crippen LogP contribution in [-0.2, 0) is 5.41 Å². The van der Waals surface area contributed by atoms with E-state index in [1.165, 1.54) is 11.9 Å². The van der Waals surface area contributed by atoms with Crippen molar-refractivity contribution < 1.29 is 5.11 Å². The number of aliphatic hydroxyl groups is 1. The third-order valence-corrected chi connectivity index (χ3v) is 4.49. The van der Waals surface area contributed by atoms with Gasteiger partial charge in [0.05, 0.1) is 11.6 Å². The molecule has 26 heavy (non-hydrogen) atoms. The molecule has 1 atom stereocenters. The number of rotatable bonds is 4. The van der Waals surface area contributed by atoms with Crippen LogP contribution in [0.1, 0.15) is 57.5 Å². The summed E-state index contributed by atoms with van der Waals surface area (Å²) in [5.41, 5.74) is 2.21. The molecule has 6 nitrogen and oxygen atoms in total. The van der Waals surface area contributed by atoms with Crippen LogP contribution in [0.25, 0.3) is 5.78 Å². The summed E-state index contributed by atoms with van der Waals surface area (Å²) in [7, 11) is 0. The summed E-state index contributed by atoms with van der Waals surface area (Å²) in [5, 5.41) is 18.5. The van der Waals surface area contributed by atoms with E-state index in [4.69, 9.17) is 0 Å². The molecule has 0 aliphatic carbocycles. The van der Waals surface area contributed by atoms with E-state index >= 15 is 0 Å². The summed E-state index contributed by atoms with van der Waals surface area (Å²) in [6.45, 7) is 12.1. The number of benzene rings is 1. The Kier molecular flexibility index (Phi) is 4.48. The van der Waals surface area contributed by atoms with Gasteiger partial charge in [-0.1, -0.05) is 45.0 Å². The molecule has 0 amide bonds. The Labute approximate surface area is 154 Å². The number of nitrogens with zero attached hydrogens (tertiary/aromatic N) is 4. The van der Waals surface area contributed by atoms with E-state index in [1.54, 1.807) is 18.4 Å². The minimum atomic E-state index is -0.979. The molecule has 0 radical (unpaired) electrons. The predicted octanol–water partition coefficient (Wildman–Crippen LogP) is 3.65. The second-order valence-electron chi connectivity index (χ2n) is 8.36. The summed E-state index contributed by atoms with van der Waals surface area (Å²) in [5.74, 6) is 1.28. The minimum absolute atomic E-state index is 0.0886. The molecule has 2 heterocycles. The van der Waals surface area contributed by atoms with Gasteiger partial charge in [0.25, 0.3) is 5.78 Å². The molecule has 6 heteroatoms. The Morgan fingerprint density at radius 1 is 1.08 bits per heavy atom. The monoisotopic (exact) mass is 353 g/mol. The highest BCUT2D eigenvalue weighted by molar-refractivity contribution is 5.47. The van der Waals surface area contributed by atoms with Crippen LogP contribution in [-0.4, -0.2) is 30.3 Å². The molecule has 0 spiro atoms. The Hall–Kier alpha value is -2.47. The Balaban J connectivity index is 2.00. The quantitative estimate of drug-likeness (QED) is 0.749. The van der Waals surface area contributed by atoms with E-state index < -0.39 is 5.60 Å². The standard InChI is InChI=1S/C20H27N5O/c1-13-11-16(25-18(23-13)21-12-22-25)24-17(20(5,6)26)14-7-9-15(10-8-14)19(2,3)4/h7-12,17,24,26H,1-6H3. The predicted molar refractivity (Wildman–Crippen MR) is 103 cm³/mol. The Bertz CT molecular complexity index is 901. The van der Waals surface area contributed by atoms with Gasteiger partial charge in [0.15, 0.2) is 0 Å². The molecule has 0 saturated heterocycles. The number of hydrogen-bond donors (Lipinski definition) is 2. The van der Waals surface area contributed by atoms with E-state index in [1.807, 2.05) is 13.0 Å². The number of aryl methyl sites for hydroxylation is 1. The second-order valence-corrected chi connectivity index (χ2v) is 8.36. The zero-order chi connectivity index (χ0) is 19.1. The van der Waals surface area contributed by atoms with Crippen LogP contribution >= 0.6 is 0 Å². The molecule has 0 bridgehead atoms. The largest absolute Gasteiger partial charge is 0.388 e. The Morgan fingerprint density at radius 2 is 1.73 bits per heavy atom. The SMILES string of the molecule is Cc1cc(NC(c2ccc(C(C)(C)C)cc2)C(C)(C)O)n2ncnc2n1. The van der Waals surface area contributed by atoms with Gasteiger partial charge in [-0.2, -0.15) is 14.6 Å². The first-order valence-corrected chi connectivity index (χ1v) is 8.82. The number of hydrogen-bond acceptors (Lipinski definition) is 5. The maximum atomic E-state index is 10.8. The van der Waals surface area contributed by atoms with Crippen molar-refractivity contribution in [2.24, 2.45) is 0 Å². The van der Waals surface area contributed by atoms with Crippen molar-refractivity contribution in [1.29, 1.82) is 0 Å². The first-order chi connectivity index (χ1) is 12.1. The van der Waals surface area contributed by atoms with Gasteiger partial charge in [-0.15, -0.1) is 0 Å². The van der Waals surface area contributed by atoms with Gasteiger partial charge in [-0.3, -0.25) is 0 Å². The molecule has 3 rings (SSSR count). The van der Waals surface area contributed by atoms with E-state index in [-0.39, 0.29) is 11.5 Å². The van der Waals surface area contributed by atoms with E-state index in [2.05, 4.69) is 65.4 Å². The lowest BCUT2D eigenvalue weighted by Crippen LogP contribution is -2.35. The molecule has 1 unspecified atom stereocenters. The molecule has 138 valence electrons. The summed E-state index contributed by atoms with van der Waals surface area (Å²) in [6.07, 6.45) is 1.48. The van der Waals surface area contributed by atoms with Crippen LogP contribution in [0, 0.1) is 6.92 Å². The average molecular weight is 353 g/mol. The van der Waals surface area contributed by atoms with Crippen molar-refractivity contribution in [2.45, 2.75) is 58.6 Å². The first kappa shape index (κ1) is 18.3. The molecule has 2 N–H and O–H groups in total. The van der Waals surface area contributed by atoms with Crippen molar-refractivity contribution in [2.75, 3.05) is 5.32 Å². The number of aromatic nitrogens is 4. The van der Waals surface area contributed by atoms with Gasteiger partial charge in [0.1, 0.15) is 12.1 Å². The maximum Gasteiger partial charge on any atom is 0.254 e. The fourth-order valence-electron chi connectivity index (χ4n) is 3.02. The summed E-state index contributed by atoms with van der Waals surface area (Å²) in [6, 6.07) is 9.98. The molecular weight excluding hydrogens is 326 g/mol. The fraction of sp³-hybridized carbons (Fsp3) is 0.450. The zero-order valence-electron chi connectivity index (χ0n) is 16.3. The van der Waals surface area contributed by atoms with Crippen LogP contribution in [0.5, 0.6) is 0 Å². The van der Waals surface area contributed by atoms with Crippen LogP contribution in [0.15, 0.2) is 36.7 Å². The van der Waals surface area contributed by atoms with Crippen molar-refractivity contribution in [3.8, 4) is 0 Å². The lowest BCUT2D eigenvalue weighted by molar-refractivity contribution is 0.0587. The molecule has 3 aromatic rings. The number of nitrogens with one attached hydrogen (secondary N) is 1. The normalized spacial score (nSPS) is 13.8. The van der Waals surface area contributed by atoms with Gasteiger partial charge < -0.3 is 10.4 Å². The lowest BCUT2D eigenvalue weighted by Gasteiger charge is -2.32. The van der Waals surface area contributed by atoms with E-state index in [0.29, 0.717) is 5.78 Å². The maximum absolute atomic E-state index is 10.8. The van der Waals surface area contributed by atoms with Crippen molar-refractivity contribution in [3.05, 3.63) is 53.5 Å². The van der Waals surface area contributed by atoms with Gasteiger partial charge in [0, 0.05) is 11.8 Å². The second kappa shape index (κ2) is 6.36. The first-order valence-electron chi connectivity index (χ1n) is 8.82. The van der Waals surface area contributed by atoms with Crippen LogP contribution in [0.2, 0.25) is 0 Å². The molecule has 0 aliphatic heterocycles. The molecule has 1 aromatic carbocycles. The molecule has 2 aromatic heterocycles. The highest BCUT2D eigenvalue weighted by atomic mass is 16.3. The number of fused-ring (bicyclic) bond motifs is 1. The van der Waals surface area contributed by atoms with Crippen LogP contribution < -0.4 is 5.32 Å². The summed E-state index contributed by atoms with van der Waals surface area (Å²) < 4.78 is 1.65. The minimum Gasteiger partial charge on any atom is -0.388 e. The van der Waals surface area contributed by atoms with Gasteiger partial charge in [-0.25, -0.2) is 4.98 Å². The average Bonchev–Trinajstić information content (AvgIpc) is 2.99. The Morgan fingerprint density at radius 3 is 2.31 bits per heavy atom. The summed E-state index contributed by atoms with van der Waals surface area (Å²) >= 11 is 0. The van der Waals surface area contributed by atoms with E-state index in [0.717, 1.165) is 17.1 Å². The molecule has 0 fully saturated rings. The summed E-state index contributed by atoms with van der Waals surface area (Å²) in [4.78, 5) is 8.52. The third-order valence-electron chi connectivity index (χ3n) is 4.49. The molecule has 0 aliphatic rings. The van der Waals surface area contributed by atoms with Crippen molar-refractivity contribution in [1.82, 2.24) is 19.6 Å². The van der Waals surface area contributed by atoms with Crippen molar-refractivity contribution in [3.63, 3.8) is 0 Å². The van der Waals surface area contributed by atoms with Gasteiger partial charge >= 0.3 is 0 Å². The van der Waals surface area contributed by atoms with Crippen LogP contribution in [0.3, 0.4) is 0 Å². The topological polar surface area (TPSA) is 75.3 Å². The highest BCUT2D eigenvalue weighted by Crippen LogP contribution is 2.31. The third kappa shape index (κ3) is 3.70. The fourth-order valence-corrected chi connectivity index (χ4v) is 3.02. The molecule has 0 saturated carbocycles.